The van der Waals surface area contributed by atoms with E-state index >= 15 is 0 Å². The van der Waals surface area contributed by atoms with Crippen LogP contribution in [0, 0.1) is 5.92 Å². The number of ether oxygens (including phenoxy) is 2. The van der Waals surface area contributed by atoms with E-state index in [0.29, 0.717) is 54.2 Å². The first kappa shape index (κ1) is 29.4. The van der Waals surface area contributed by atoms with Crippen LogP contribution >= 0.6 is 0 Å². The number of nitrogens with zero attached hydrogens (tertiary/aromatic N) is 4. The highest BCUT2D eigenvalue weighted by Crippen LogP contribution is 2.33. The van der Waals surface area contributed by atoms with Crippen LogP contribution in [0.4, 0.5) is 11.6 Å². The Morgan fingerprint density at radius 2 is 1.84 bits per heavy atom. The third-order valence-corrected chi connectivity index (χ3v) is 9.41. The number of aromatic nitrogens is 3. The summed E-state index contributed by atoms with van der Waals surface area (Å²) in [6, 6.07) is 16.6. The fourth-order valence-electron chi connectivity index (χ4n) is 6.95. The molecule has 9 heteroatoms. The van der Waals surface area contributed by atoms with Gasteiger partial charge in [0.2, 0.25) is 5.95 Å². The van der Waals surface area contributed by atoms with E-state index in [1.54, 1.807) is 10.8 Å². The van der Waals surface area contributed by atoms with E-state index in [9.17, 15) is 9.59 Å². The van der Waals surface area contributed by atoms with Gasteiger partial charge in [0.05, 0.1) is 0 Å². The fourth-order valence-corrected chi connectivity index (χ4v) is 6.95. The maximum atomic E-state index is 14.3. The van der Waals surface area contributed by atoms with Gasteiger partial charge in [-0.1, -0.05) is 30.8 Å². The molecule has 2 saturated heterocycles. The molecule has 232 valence electrons. The highest BCUT2D eigenvalue weighted by molar-refractivity contribution is 6.02. The number of pyridine rings is 1. The minimum Gasteiger partial charge on any atom is -0.489 e. The van der Waals surface area contributed by atoms with Gasteiger partial charge in [-0.25, -0.2) is 4.98 Å². The Morgan fingerprint density at radius 3 is 2.64 bits per heavy atom. The maximum Gasteiger partial charge on any atom is 0.260 e. The first-order valence-electron chi connectivity index (χ1n) is 16.0. The number of benzene rings is 2. The summed E-state index contributed by atoms with van der Waals surface area (Å²) in [4.78, 5) is 40.0. The zero-order valence-corrected chi connectivity index (χ0v) is 25.7. The van der Waals surface area contributed by atoms with E-state index in [1.165, 1.54) is 0 Å². The first-order valence-corrected chi connectivity index (χ1v) is 16.0. The molecule has 0 amide bonds. The number of piperidine rings is 1. The predicted molar refractivity (Wildman–Crippen MR) is 175 cm³/mol. The van der Waals surface area contributed by atoms with Crippen LogP contribution in [0.5, 0.6) is 5.75 Å². The van der Waals surface area contributed by atoms with Crippen LogP contribution in [0.25, 0.3) is 16.6 Å². The van der Waals surface area contributed by atoms with E-state index in [0.717, 1.165) is 61.3 Å². The van der Waals surface area contributed by atoms with Crippen LogP contribution in [-0.2, 0) is 11.2 Å². The number of hydrogen-bond acceptors (Lipinski definition) is 8. The number of allylic oxidation sites excluding steroid dienone is 1. The molecule has 1 aliphatic carbocycles. The second kappa shape index (κ2) is 12.6. The number of anilines is 2. The Hall–Kier alpha value is -4.34. The lowest BCUT2D eigenvalue weighted by atomic mass is 9.86. The number of nitrogens with one attached hydrogen (secondary N) is 1. The largest absolute Gasteiger partial charge is 0.489 e. The predicted octanol–water partition coefficient (Wildman–Crippen LogP) is 5.82. The molecule has 2 atom stereocenters. The number of fused-ring (bicyclic) bond motifs is 2. The van der Waals surface area contributed by atoms with Gasteiger partial charge in [0.15, 0.2) is 5.78 Å². The van der Waals surface area contributed by atoms with Crippen molar-refractivity contribution in [1.29, 1.82) is 0 Å². The van der Waals surface area contributed by atoms with Gasteiger partial charge in [-0.15, -0.1) is 0 Å². The monoisotopic (exact) mass is 605 g/mol. The third-order valence-electron chi connectivity index (χ3n) is 9.41. The number of likely N-dealkylation sites (tertiary alicyclic amines) is 1. The molecule has 1 N–H and O–H groups in total. The topological polar surface area (TPSA) is 98.6 Å². The van der Waals surface area contributed by atoms with Crippen molar-refractivity contribution in [3.8, 4) is 5.75 Å². The number of aryl methyl sites for hydroxylation is 1. The Morgan fingerprint density at radius 1 is 1.04 bits per heavy atom. The van der Waals surface area contributed by atoms with Crippen LogP contribution in [0.15, 0.2) is 72.2 Å². The SMILES string of the molecule is C=C(c1cc2cnc(Nc3ccc(OC4CCCN(C)C4)cc3)nc2n(C2CCc3ccccc3C2=O)c1=O)C1CCOCC1. The molecular weight excluding hydrogens is 566 g/mol. The lowest BCUT2D eigenvalue weighted by Crippen LogP contribution is -2.38. The smallest absolute Gasteiger partial charge is 0.260 e. The molecule has 0 spiro atoms. The number of Topliss-reactive ketones (excluding diaryl/α,β-unsaturated/α-hetero) is 1. The second-order valence-corrected chi connectivity index (χ2v) is 12.5. The van der Waals surface area contributed by atoms with E-state index < -0.39 is 6.04 Å². The van der Waals surface area contributed by atoms with Gasteiger partial charge in [-0.3, -0.25) is 14.2 Å². The Labute approximate surface area is 262 Å². The van der Waals surface area contributed by atoms with Crippen molar-refractivity contribution in [1.82, 2.24) is 19.4 Å². The van der Waals surface area contributed by atoms with Gasteiger partial charge in [0.25, 0.3) is 5.56 Å². The minimum absolute atomic E-state index is 0.0676. The number of likely N-dealkylation sites (N-methyl/N-ethyl adjacent to an activating group) is 1. The first-order chi connectivity index (χ1) is 21.9. The van der Waals surface area contributed by atoms with E-state index in [1.807, 2.05) is 54.6 Å². The number of hydrogen-bond donors (Lipinski definition) is 1. The molecule has 2 aromatic heterocycles. The van der Waals surface area contributed by atoms with Crippen LogP contribution < -0.4 is 15.6 Å². The van der Waals surface area contributed by atoms with Crippen molar-refractivity contribution in [3.05, 3.63) is 94.4 Å². The van der Waals surface area contributed by atoms with Crippen molar-refractivity contribution in [3.63, 3.8) is 0 Å². The summed E-state index contributed by atoms with van der Waals surface area (Å²) >= 11 is 0. The van der Waals surface area contributed by atoms with E-state index in [-0.39, 0.29) is 23.4 Å². The molecule has 7 rings (SSSR count). The van der Waals surface area contributed by atoms with Crippen molar-refractivity contribution >= 4 is 34.0 Å². The molecule has 2 aliphatic heterocycles. The summed E-state index contributed by atoms with van der Waals surface area (Å²) in [6.07, 6.45) is 6.94. The summed E-state index contributed by atoms with van der Waals surface area (Å²) in [5.41, 5.74) is 3.97. The quantitative estimate of drug-likeness (QED) is 0.282. The van der Waals surface area contributed by atoms with Gasteiger partial charge in [0.1, 0.15) is 23.5 Å². The lowest BCUT2D eigenvalue weighted by Gasteiger charge is -2.30. The van der Waals surface area contributed by atoms with E-state index in [2.05, 4.69) is 28.8 Å². The summed E-state index contributed by atoms with van der Waals surface area (Å²) < 4.78 is 13.4. The zero-order valence-electron chi connectivity index (χ0n) is 25.7. The molecule has 9 nitrogen and oxygen atoms in total. The van der Waals surface area contributed by atoms with Crippen LogP contribution in [0.2, 0.25) is 0 Å². The van der Waals surface area contributed by atoms with Gasteiger partial charge in [0, 0.05) is 48.2 Å². The van der Waals surface area contributed by atoms with Gasteiger partial charge in [-0.2, -0.15) is 4.98 Å². The average Bonchev–Trinajstić information content (AvgIpc) is 3.06. The zero-order chi connectivity index (χ0) is 30.9. The maximum absolute atomic E-state index is 14.3. The summed E-state index contributed by atoms with van der Waals surface area (Å²) in [7, 11) is 2.12. The summed E-state index contributed by atoms with van der Waals surface area (Å²) in [5, 5.41) is 3.97. The number of carbonyl (C=O) groups excluding carboxylic acids is 1. The van der Waals surface area contributed by atoms with Crippen molar-refractivity contribution in [2.75, 3.05) is 38.7 Å². The Balaban J connectivity index is 1.23. The average molecular weight is 606 g/mol. The number of carbonyl (C=O) groups is 1. The molecule has 45 heavy (non-hydrogen) atoms. The molecule has 0 radical (unpaired) electrons. The number of ketones is 1. The fraction of sp³-hybridized carbons (Fsp3) is 0.389. The van der Waals surface area contributed by atoms with E-state index in [4.69, 9.17) is 14.5 Å². The molecule has 2 aromatic carbocycles. The standard InChI is InChI=1S/C36H39N5O4/c1-23(24-15-18-44-19-16-24)31-20-26-21-37-36(38-27-10-12-28(13-11-27)45-29-7-5-17-40(2)22-29)39-34(26)41(35(31)43)32-14-9-25-6-3-4-8-30(25)33(32)42/h3-4,6,8,10-13,20-21,24,29,32H,1,5,7,9,14-19,22H2,2H3,(H,37,38,39). The Kier molecular flexibility index (Phi) is 8.21. The normalized spacial score (nSPS) is 21.0. The van der Waals surface area contributed by atoms with Gasteiger partial charge < -0.3 is 19.7 Å². The van der Waals surface area contributed by atoms with Crippen molar-refractivity contribution < 1.29 is 14.3 Å². The lowest BCUT2D eigenvalue weighted by molar-refractivity contribution is 0.0808. The summed E-state index contributed by atoms with van der Waals surface area (Å²) in [5.74, 6) is 1.25. The molecule has 3 aliphatic rings. The Bertz CT molecular complexity index is 1790. The highest BCUT2D eigenvalue weighted by atomic mass is 16.5. The number of rotatable bonds is 7. The molecule has 2 unspecified atom stereocenters. The molecule has 0 saturated carbocycles. The van der Waals surface area contributed by atoms with Gasteiger partial charge in [-0.05, 0) is 99.5 Å². The second-order valence-electron chi connectivity index (χ2n) is 12.5. The molecule has 2 fully saturated rings. The van der Waals surface area contributed by atoms with Crippen molar-refractivity contribution in [2.45, 2.75) is 50.7 Å². The third kappa shape index (κ3) is 6.02. The van der Waals surface area contributed by atoms with Gasteiger partial charge >= 0.3 is 0 Å². The molecule has 4 aromatic rings. The minimum atomic E-state index is -0.671. The van der Waals surface area contributed by atoms with Crippen LogP contribution in [0.3, 0.4) is 0 Å². The van der Waals surface area contributed by atoms with Crippen molar-refractivity contribution in [2.24, 2.45) is 5.92 Å². The molecule has 0 bridgehead atoms. The van der Waals surface area contributed by atoms with Crippen LogP contribution in [0.1, 0.15) is 59.6 Å². The molecule has 4 heterocycles. The highest BCUT2D eigenvalue weighted by Gasteiger charge is 2.32. The molecular formula is C36H39N5O4. The van der Waals surface area contributed by atoms with Crippen LogP contribution in [-0.4, -0.2) is 64.7 Å². The summed E-state index contributed by atoms with van der Waals surface area (Å²) in [6.45, 7) is 7.68.